The number of ether oxygens (including phenoxy) is 1. The fraction of sp³-hybridized carbons (Fsp3) is 0.423. The number of rotatable bonds is 7. The number of aryl methyl sites for hydroxylation is 2. The molecule has 1 atom stereocenters. The predicted octanol–water partition coefficient (Wildman–Crippen LogP) is 3.32. The highest BCUT2D eigenvalue weighted by Crippen LogP contribution is 2.26. The number of carbonyl (C=O) groups is 1. The van der Waals surface area contributed by atoms with Crippen molar-refractivity contribution in [2.24, 2.45) is 13.0 Å². The van der Waals surface area contributed by atoms with E-state index in [1.165, 1.54) is 5.56 Å². The Kier molecular flexibility index (Phi) is 7.08. The Morgan fingerprint density at radius 2 is 1.76 bits per heavy atom. The van der Waals surface area contributed by atoms with Gasteiger partial charge in [-0.3, -0.25) is 14.7 Å². The first kappa shape index (κ1) is 23.0. The maximum Gasteiger partial charge on any atom is 0.227 e. The molecule has 7 heteroatoms. The molecule has 1 fully saturated rings. The Morgan fingerprint density at radius 3 is 2.42 bits per heavy atom. The lowest BCUT2D eigenvalue weighted by molar-refractivity contribution is -0.134. The zero-order valence-electron chi connectivity index (χ0n) is 20.0. The number of amides is 1. The van der Waals surface area contributed by atoms with Crippen molar-refractivity contribution in [2.75, 3.05) is 33.3 Å². The van der Waals surface area contributed by atoms with Crippen LogP contribution in [0.5, 0.6) is 5.88 Å². The van der Waals surface area contributed by atoms with Crippen molar-refractivity contribution in [3.05, 3.63) is 65.6 Å². The fourth-order valence-corrected chi connectivity index (χ4v) is 4.72. The van der Waals surface area contributed by atoms with E-state index in [1.54, 1.807) is 24.2 Å². The lowest BCUT2D eigenvalue weighted by atomic mass is 9.95. The van der Waals surface area contributed by atoms with Crippen LogP contribution in [0, 0.1) is 12.8 Å². The highest BCUT2D eigenvalue weighted by Gasteiger charge is 2.30. The van der Waals surface area contributed by atoms with Crippen LogP contribution in [-0.4, -0.2) is 63.8 Å². The van der Waals surface area contributed by atoms with Gasteiger partial charge >= 0.3 is 0 Å². The van der Waals surface area contributed by atoms with Crippen molar-refractivity contribution in [2.45, 2.75) is 26.8 Å². The third-order valence-corrected chi connectivity index (χ3v) is 6.52. The molecule has 1 amide bonds. The van der Waals surface area contributed by atoms with E-state index in [9.17, 15) is 4.79 Å². The maximum absolute atomic E-state index is 13.3. The number of hydrogen-bond donors (Lipinski definition) is 0. The molecule has 1 aliphatic heterocycles. The van der Waals surface area contributed by atoms with Crippen molar-refractivity contribution < 1.29 is 9.53 Å². The van der Waals surface area contributed by atoms with Crippen LogP contribution >= 0.6 is 0 Å². The van der Waals surface area contributed by atoms with Gasteiger partial charge in [0.2, 0.25) is 11.8 Å². The molecule has 0 unspecified atom stereocenters. The zero-order valence-corrected chi connectivity index (χ0v) is 20.0. The molecule has 1 saturated heterocycles. The molecule has 2 aromatic heterocycles. The van der Waals surface area contributed by atoms with Crippen molar-refractivity contribution in [3.63, 3.8) is 0 Å². The van der Waals surface area contributed by atoms with Crippen LogP contribution in [0.3, 0.4) is 0 Å². The molecule has 3 heterocycles. The van der Waals surface area contributed by atoms with E-state index in [1.807, 2.05) is 31.0 Å². The molecule has 0 radical (unpaired) electrons. The summed E-state index contributed by atoms with van der Waals surface area (Å²) < 4.78 is 7.38. The van der Waals surface area contributed by atoms with Crippen LogP contribution < -0.4 is 4.74 Å². The van der Waals surface area contributed by atoms with Crippen LogP contribution in [-0.2, 0) is 24.8 Å². The maximum atomic E-state index is 13.3. The first-order valence-electron chi connectivity index (χ1n) is 11.6. The Morgan fingerprint density at radius 1 is 1.06 bits per heavy atom. The number of pyridine rings is 1. The van der Waals surface area contributed by atoms with Crippen LogP contribution in [0.4, 0.5) is 0 Å². The van der Waals surface area contributed by atoms with Gasteiger partial charge in [0.25, 0.3) is 0 Å². The molecule has 33 heavy (non-hydrogen) atoms. The topological polar surface area (TPSA) is 63.5 Å². The molecule has 7 nitrogen and oxygen atoms in total. The smallest absolute Gasteiger partial charge is 0.227 e. The van der Waals surface area contributed by atoms with Gasteiger partial charge in [0.15, 0.2) is 0 Å². The van der Waals surface area contributed by atoms with Crippen LogP contribution in [0.2, 0.25) is 0 Å². The molecule has 1 aliphatic rings. The molecule has 0 bridgehead atoms. The van der Waals surface area contributed by atoms with E-state index < -0.39 is 0 Å². The summed E-state index contributed by atoms with van der Waals surface area (Å²) in [5.74, 6) is 0.953. The summed E-state index contributed by atoms with van der Waals surface area (Å²) in [5.41, 5.74) is 5.55. The van der Waals surface area contributed by atoms with Gasteiger partial charge in [-0.15, -0.1) is 0 Å². The molecular weight excluding hydrogens is 414 g/mol. The van der Waals surface area contributed by atoms with Crippen molar-refractivity contribution in [1.82, 2.24) is 24.6 Å². The summed E-state index contributed by atoms with van der Waals surface area (Å²) in [6, 6.07) is 12.6. The summed E-state index contributed by atoms with van der Waals surface area (Å²) in [4.78, 5) is 21.8. The summed E-state index contributed by atoms with van der Waals surface area (Å²) in [6.07, 6.45) is 4.34. The van der Waals surface area contributed by atoms with Crippen molar-refractivity contribution >= 4 is 5.91 Å². The minimum Gasteiger partial charge on any atom is -0.481 e. The SMILES string of the molecule is CCN1CCN(Cc2c(C)nn(C)c2OC)C[C@H](Cc2ccc(-c3ccncc3)cc2)C1=O. The summed E-state index contributed by atoms with van der Waals surface area (Å²) >= 11 is 0. The van der Waals surface area contributed by atoms with Gasteiger partial charge in [0.05, 0.1) is 24.3 Å². The Balaban J connectivity index is 1.52. The van der Waals surface area contributed by atoms with E-state index in [0.29, 0.717) is 0 Å². The fourth-order valence-electron chi connectivity index (χ4n) is 4.72. The van der Waals surface area contributed by atoms with E-state index in [2.05, 4.69) is 46.2 Å². The second-order valence-electron chi connectivity index (χ2n) is 8.68. The van der Waals surface area contributed by atoms with Gasteiger partial charge in [-0.05, 0) is 49.1 Å². The van der Waals surface area contributed by atoms with E-state index in [0.717, 1.165) is 67.4 Å². The van der Waals surface area contributed by atoms with Crippen molar-refractivity contribution in [1.29, 1.82) is 0 Å². The number of nitrogens with zero attached hydrogens (tertiary/aromatic N) is 5. The second kappa shape index (κ2) is 10.2. The molecule has 174 valence electrons. The minimum absolute atomic E-state index is 0.0813. The quantitative estimate of drug-likeness (QED) is 0.556. The van der Waals surface area contributed by atoms with Crippen LogP contribution in [0.25, 0.3) is 11.1 Å². The molecule has 0 aliphatic carbocycles. The number of likely N-dealkylation sites (N-methyl/N-ethyl adjacent to an activating group) is 1. The van der Waals surface area contributed by atoms with Gasteiger partial charge in [-0.25, -0.2) is 4.68 Å². The summed E-state index contributed by atoms with van der Waals surface area (Å²) in [7, 11) is 3.58. The van der Waals surface area contributed by atoms with Gasteiger partial charge in [-0.1, -0.05) is 24.3 Å². The van der Waals surface area contributed by atoms with E-state index in [-0.39, 0.29) is 11.8 Å². The van der Waals surface area contributed by atoms with Crippen LogP contribution in [0.1, 0.15) is 23.7 Å². The number of methoxy groups -OCH3 is 1. The largest absolute Gasteiger partial charge is 0.481 e. The summed E-state index contributed by atoms with van der Waals surface area (Å²) in [6.45, 7) is 7.84. The Bertz CT molecular complexity index is 1080. The molecule has 1 aromatic carbocycles. The molecule has 3 aromatic rings. The molecule has 0 spiro atoms. The average Bonchev–Trinajstić information content (AvgIpc) is 3.01. The lowest BCUT2D eigenvalue weighted by Gasteiger charge is -2.23. The third kappa shape index (κ3) is 5.09. The first-order chi connectivity index (χ1) is 16.0. The van der Waals surface area contributed by atoms with Gasteiger partial charge in [0, 0.05) is 52.2 Å². The Hall–Kier alpha value is -3.19. The van der Waals surface area contributed by atoms with Crippen LogP contribution in [0.15, 0.2) is 48.8 Å². The molecule has 4 rings (SSSR count). The standard InChI is InChI=1S/C26H33N5O2/c1-5-31-15-14-30(18-24-19(2)28-29(3)26(24)33-4)17-23(25(31)32)16-20-6-8-21(9-7-20)22-10-12-27-13-11-22/h6-13,23H,5,14-18H2,1-4H3/t23-/m0/s1. The number of benzene rings is 1. The average molecular weight is 448 g/mol. The number of hydrogen-bond acceptors (Lipinski definition) is 5. The van der Waals surface area contributed by atoms with E-state index >= 15 is 0 Å². The molecule has 0 N–H and O–H groups in total. The Labute approximate surface area is 196 Å². The minimum atomic E-state index is -0.0813. The van der Waals surface area contributed by atoms with Gasteiger partial charge in [0.1, 0.15) is 0 Å². The third-order valence-electron chi connectivity index (χ3n) is 6.52. The predicted molar refractivity (Wildman–Crippen MR) is 129 cm³/mol. The highest BCUT2D eigenvalue weighted by molar-refractivity contribution is 5.79. The normalized spacial score (nSPS) is 17.3. The molecular formula is C26H33N5O2. The first-order valence-corrected chi connectivity index (χ1v) is 11.6. The zero-order chi connectivity index (χ0) is 23.4. The molecule has 0 saturated carbocycles. The lowest BCUT2D eigenvalue weighted by Crippen LogP contribution is -2.37. The van der Waals surface area contributed by atoms with Gasteiger partial charge < -0.3 is 9.64 Å². The number of aromatic nitrogens is 3. The monoisotopic (exact) mass is 447 g/mol. The summed E-state index contributed by atoms with van der Waals surface area (Å²) in [5, 5.41) is 4.52. The van der Waals surface area contributed by atoms with Crippen molar-refractivity contribution in [3.8, 4) is 17.0 Å². The highest BCUT2D eigenvalue weighted by atomic mass is 16.5. The van der Waals surface area contributed by atoms with E-state index in [4.69, 9.17) is 4.74 Å². The van der Waals surface area contributed by atoms with Gasteiger partial charge in [-0.2, -0.15) is 5.10 Å². The second-order valence-corrected chi connectivity index (χ2v) is 8.68. The number of carbonyl (C=O) groups excluding carboxylic acids is 1.